The van der Waals surface area contributed by atoms with Gasteiger partial charge in [0, 0.05) is 12.1 Å². The van der Waals surface area contributed by atoms with Crippen molar-refractivity contribution in [3.63, 3.8) is 0 Å². The molecule has 22 heavy (non-hydrogen) atoms. The van der Waals surface area contributed by atoms with Crippen LogP contribution in [0.15, 0.2) is 41.0 Å². The number of nitrogens with two attached hydrogens (primary N) is 1. The smallest absolute Gasteiger partial charge is 0.257 e. The van der Waals surface area contributed by atoms with Crippen molar-refractivity contribution in [1.82, 2.24) is 4.90 Å². The Morgan fingerprint density at radius 2 is 2.23 bits per heavy atom. The summed E-state index contributed by atoms with van der Waals surface area (Å²) in [6.07, 6.45) is 2.18. The lowest BCUT2D eigenvalue weighted by atomic mass is 10.0. The van der Waals surface area contributed by atoms with E-state index in [-0.39, 0.29) is 24.3 Å². The molecule has 0 saturated carbocycles. The first-order chi connectivity index (χ1) is 10.6. The third kappa shape index (κ3) is 2.64. The van der Waals surface area contributed by atoms with Gasteiger partial charge in [-0.05, 0) is 24.5 Å². The second-order valence-electron chi connectivity index (χ2n) is 5.84. The molecule has 5 heteroatoms. The molecule has 3 rings (SSSR count). The SMILES string of the molecule is CC1CC(c2ccccc2F)N(C(=O)c2coc(CN)c2)C1. The molecule has 1 amide bonds. The van der Waals surface area contributed by atoms with Gasteiger partial charge in [0.15, 0.2) is 0 Å². The molecule has 1 aliphatic rings. The predicted molar refractivity (Wildman–Crippen MR) is 80.6 cm³/mol. The van der Waals surface area contributed by atoms with E-state index in [0.717, 1.165) is 6.42 Å². The number of hydrogen-bond donors (Lipinski definition) is 1. The Kier molecular flexibility index (Phi) is 3.98. The minimum atomic E-state index is -0.269. The van der Waals surface area contributed by atoms with Crippen LogP contribution in [0, 0.1) is 11.7 Å². The lowest BCUT2D eigenvalue weighted by molar-refractivity contribution is 0.0729. The van der Waals surface area contributed by atoms with Crippen molar-refractivity contribution in [1.29, 1.82) is 0 Å². The maximum atomic E-state index is 14.1. The third-order valence-electron chi connectivity index (χ3n) is 4.14. The van der Waals surface area contributed by atoms with Crippen molar-refractivity contribution in [3.05, 3.63) is 59.3 Å². The largest absolute Gasteiger partial charge is 0.467 e. The van der Waals surface area contributed by atoms with Crippen molar-refractivity contribution in [3.8, 4) is 0 Å². The van der Waals surface area contributed by atoms with E-state index in [9.17, 15) is 9.18 Å². The van der Waals surface area contributed by atoms with Gasteiger partial charge in [-0.2, -0.15) is 0 Å². The van der Waals surface area contributed by atoms with Gasteiger partial charge < -0.3 is 15.1 Å². The molecular formula is C17H19FN2O2. The van der Waals surface area contributed by atoms with Gasteiger partial charge in [0.2, 0.25) is 0 Å². The fourth-order valence-electron chi connectivity index (χ4n) is 3.08. The summed E-state index contributed by atoms with van der Waals surface area (Å²) in [6, 6.07) is 8.06. The molecule has 1 aliphatic heterocycles. The maximum Gasteiger partial charge on any atom is 0.257 e. The highest BCUT2D eigenvalue weighted by Crippen LogP contribution is 2.37. The van der Waals surface area contributed by atoms with E-state index in [1.54, 1.807) is 29.2 Å². The third-order valence-corrected chi connectivity index (χ3v) is 4.14. The topological polar surface area (TPSA) is 59.5 Å². The number of carbonyl (C=O) groups is 1. The minimum absolute atomic E-state index is 0.138. The van der Waals surface area contributed by atoms with Crippen LogP contribution >= 0.6 is 0 Å². The summed E-state index contributed by atoms with van der Waals surface area (Å²) >= 11 is 0. The molecule has 0 bridgehead atoms. The van der Waals surface area contributed by atoms with Gasteiger partial charge in [-0.1, -0.05) is 25.1 Å². The predicted octanol–water partition coefficient (Wildman–Crippen LogP) is 3.10. The van der Waals surface area contributed by atoms with E-state index in [1.165, 1.54) is 12.3 Å². The summed E-state index contributed by atoms with van der Waals surface area (Å²) < 4.78 is 19.3. The minimum Gasteiger partial charge on any atom is -0.467 e. The Balaban J connectivity index is 1.90. The number of rotatable bonds is 3. The molecule has 2 heterocycles. The number of benzene rings is 1. The van der Waals surface area contributed by atoms with E-state index in [1.807, 2.05) is 0 Å². The average molecular weight is 302 g/mol. The van der Waals surface area contributed by atoms with Crippen LogP contribution in [-0.4, -0.2) is 17.4 Å². The zero-order valence-corrected chi connectivity index (χ0v) is 12.5. The molecule has 2 unspecified atom stereocenters. The molecular weight excluding hydrogens is 283 g/mol. The molecule has 4 nitrogen and oxygen atoms in total. The quantitative estimate of drug-likeness (QED) is 0.947. The summed E-state index contributed by atoms with van der Waals surface area (Å²) in [6.45, 7) is 2.93. The zero-order chi connectivity index (χ0) is 15.7. The molecule has 1 saturated heterocycles. The van der Waals surface area contributed by atoms with Crippen molar-refractivity contribution < 1.29 is 13.6 Å². The number of amides is 1. The van der Waals surface area contributed by atoms with E-state index >= 15 is 0 Å². The van der Waals surface area contributed by atoms with E-state index < -0.39 is 0 Å². The highest BCUT2D eigenvalue weighted by molar-refractivity contribution is 5.94. The van der Waals surface area contributed by atoms with Crippen LogP contribution in [0.25, 0.3) is 0 Å². The normalized spacial score (nSPS) is 21.3. The second-order valence-corrected chi connectivity index (χ2v) is 5.84. The molecule has 1 aromatic carbocycles. The average Bonchev–Trinajstić information content (AvgIpc) is 3.13. The van der Waals surface area contributed by atoms with Crippen LogP contribution in [0.4, 0.5) is 4.39 Å². The first kappa shape index (κ1) is 14.8. The molecule has 1 aromatic heterocycles. The molecule has 0 aliphatic carbocycles. The number of nitrogens with zero attached hydrogens (tertiary/aromatic N) is 1. The Morgan fingerprint density at radius 1 is 1.45 bits per heavy atom. The summed E-state index contributed by atoms with van der Waals surface area (Å²) in [5.74, 6) is 0.489. The van der Waals surface area contributed by atoms with Crippen LogP contribution in [0.5, 0.6) is 0 Å². The monoisotopic (exact) mass is 302 g/mol. The highest BCUT2D eigenvalue weighted by Gasteiger charge is 2.36. The fraction of sp³-hybridized carbons (Fsp3) is 0.353. The Morgan fingerprint density at radius 3 is 2.91 bits per heavy atom. The summed E-state index contributed by atoms with van der Waals surface area (Å²) in [5.41, 5.74) is 6.55. The molecule has 2 aromatic rings. The second kappa shape index (κ2) is 5.93. The van der Waals surface area contributed by atoms with Gasteiger partial charge in [-0.3, -0.25) is 4.79 Å². The van der Waals surface area contributed by atoms with Gasteiger partial charge in [0.1, 0.15) is 17.8 Å². The van der Waals surface area contributed by atoms with E-state index in [4.69, 9.17) is 10.2 Å². The summed E-state index contributed by atoms with van der Waals surface area (Å²) in [7, 11) is 0. The van der Waals surface area contributed by atoms with Gasteiger partial charge in [-0.15, -0.1) is 0 Å². The number of hydrogen-bond acceptors (Lipinski definition) is 3. The standard InChI is InChI=1S/C17H19FN2O2/c1-11-6-16(14-4-2-3-5-15(14)18)20(9-11)17(21)12-7-13(8-19)22-10-12/h2-5,7,10-11,16H,6,8-9,19H2,1H3. The highest BCUT2D eigenvalue weighted by atomic mass is 19.1. The number of likely N-dealkylation sites (tertiary alicyclic amines) is 1. The zero-order valence-electron chi connectivity index (χ0n) is 12.5. The molecule has 2 N–H and O–H groups in total. The number of carbonyl (C=O) groups excluding carboxylic acids is 1. The van der Waals surface area contributed by atoms with Crippen LogP contribution in [-0.2, 0) is 6.54 Å². The molecule has 0 spiro atoms. The van der Waals surface area contributed by atoms with Crippen molar-refractivity contribution in [2.24, 2.45) is 11.7 Å². The maximum absolute atomic E-state index is 14.1. The van der Waals surface area contributed by atoms with Crippen LogP contribution in [0.3, 0.4) is 0 Å². The summed E-state index contributed by atoms with van der Waals surface area (Å²) in [5, 5.41) is 0. The van der Waals surface area contributed by atoms with Gasteiger partial charge in [0.05, 0.1) is 18.2 Å². The van der Waals surface area contributed by atoms with Gasteiger partial charge in [0.25, 0.3) is 5.91 Å². The van der Waals surface area contributed by atoms with Crippen LogP contribution < -0.4 is 5.73 Å². The summed E-state index contributed by atoms with van der Waals surface area (Å²) in [4.78, 5) is 14.4. The van der Waals surface area contributed by atoms with Crippen molar-refractivity contribution in [2.45, 2.75) is 25.9 Å². The molecule has 0 radical (unpaired) electrons. The fourth-order valence-corrected chi connectivity index (χ4v) is 3.08. The Labute approximate surface area is 128 Å². The molecule has 2 atom stereocenters. The Hall–Kier alpha value is -2.14. The number of halogens is 1. The van der Waals surface area contributed by atoms with Crippen molar-refractivity contribution >= 4 is 5.91 Å². The molecule has 1 fully saturated rings. The van der Waals surface area contributed by atoms with Crippen LogP contribution in [0.1, 0.15) is 41.1 Å². The van der Waals surface area contributed by atoms with E-state index in [0.29, 0.717) is 29.3 Å². The number of furan rings is 1. The van der Waals surface area contributed by atoms with Gasteiger partial charge >= 0.3 is 0 Å². The lowest BCUT2D eigenvalue weighted by Gasteiger charge is -2.24. The van der Waals surface area contributed by atoms with E-state index in [2.05, 4.69) is 6.92 Å². The first-order valence-electron chi connectivity index (χ1n) is 7.43. The molecule has 116 valence electrons. The van der Waals surface area contributed by atoms with Crippen molar-refractivity contribution in [2.75, 3.05) is 6.54 Å². The lowest BCUT2D eigenvalue weighted by Crippen LogP contribution is -2.31. The Bertz CT molecular complexity index is 683. The van der Waals surface area contributed by atoms with Gasteiger partial charge in [-0.25, -0.2) is 4.39 Å². The first-order valence-corrected chi connectivity index (χ1v) is 7.43. The van der Waals surface area contributed by atoms with Crippen LogP contribution in [0.2, 0.25) is 0 Å².